The van der Waals surface area contributed by atoms with Gasteiger partial charge in [-0.1, -0.05) is 13.8 Å². The fourth-order valence-corrected chi connectivity index (χ4v) is 3.32. The zero-order valence-electron chi connectivity index (χ0n) is 10.3. The lowest BCUT2D eigenvalue weighted by molar-refractivity contribution is 0.0362. The molecule has 1 fully saturated rings. The number of thioether (sulfide) groups is 1. The van der Waals surface area contributed by atoms with Crippen molar-refractivity contribution in [2.24, 2.45) is 5.92 Å². The SMILES string of the molecule is CC(C)CC(C)(O)CNC1CCCSC1. The first-order valence-corrected chi connectivity index (χ1v) is 7.18. The molecule has 1 aliphatic rings. The van der Waals surface area contributed by atoms with Crippen molar-refractivity contribution in [1.29, 1.82) is 0 Å². The van der Waals surface area contributed by atoms with E-state index in [4.69, 9.17) is 0 Å². The Hall–Kier alpha value is 0.270. The van der Waals surface area contributed by atoms with E-state index in [2.05, 4.69) is 19.2 Å². The van der Waals surface area contributed by atoms with Gasteiger partial charge in [-0.25, -0.2) is 0 Å². The van der Waals surface area contributed by atoms with Crippen molar-refractivity contribution in [3.8, 4) is 0 Å². The molecule has 0 spiro atoms. The highest BCUT2D eigenvalue weighted by molar-refractivity contribution is 7.99. The average molecular weight is 231 g/mol. The van der Waals surface area contributed by atoms with Crippen molar-refractivity contribution in [3.05, 3.63) is 0 Å². The van der Waals surface area contributed by atoms with E-state index in [1.54, 1.807) is 0 Å². The van der Waals surface area contributed by atoms with Crippen LogP contribution in [0.15, 0.2) is 0 Å². The molecule has 2 N–H and O–H groups in total. The third-order valence-electron chi connectivity index (χ3n) is 2.78. The van der Waals surface area contributed by atoms with Gasteiger partial charge in [-0.2, -0.15) is 11.8 Å². The van der Waals surface area contributed by atoms with Gasteiger partial charge in [0.15, 0.2) is 0 Å². The highest BCUT2D eigenvalue weighted by atomic mass is 32.2. The monoisotopic (exact) mass is 231 g/mol. The molecule has 0 aliphatic carbocycles. The predicted molar refractivity (Wildman–Crippen MR) is 68.4 cm³/mol. The molecule has 1 rings (SSSR count). The summed E-state index contributed by atoms with van der Waals surface area (Å²) < 4.78 is 0. The standard InChI is InChI=1S/C12H25NOS/c1-10(2)7-12(3,14)9-13-11-5-4-6-15-8-11/h10-11,13-14H,4-9H2,1-3H3. The smallest absolute Gasteiger partial charge is 0.0746 e. The van der Waals surface area contributed by atoms with Gasteiger partial charge < -0.3 is 10.4 Å². The summed E-state index contributed by atoms with van der Waals surface area (Å²) in [6.45, 7) is 6.99. The number of aliphatic hydroxyl groups is 1. The van der Waals surface area contributed by atoms with Crippen LogP contribution in [0.25, 0.3) is 0 Å². The van der Waals surface area contributed by atoms with Crippen molar-refractivity contribution in [1.82, 2.24) is 5.32 Å². The van der Waals surface area contributed by atoms with Crippen molar-refractivity contribution in [3.63, 3.8) is 0 Å². The summed E-state index contributed by atoms with van der Waals surface area (Å²) in [5.74, 6) is 3.07. The third kappa shape index (κ3) is 5.79. The van der Waals surface area contributed by atoms with Crippen LogP contribution in [0, 0.1) is 5.92 Å². The minimum atomic E-state index is -0.545. The van der Waals surface area contributed by atoms with Crippen LogP contribution in [-0.2, 0) is 0 Å². The molecule has 2 unspecified atom stereocenters. The Kier molecular flexibility index (Phi) is 5.44. The Balaban J connectivity index is 2.21. The lowest BCUT2D eigenvalue weighted by atomic mass is 9.94. The van der Waals surface area contributed by atoms with E-state index in [-0.39, 0.29) is 0 Å². The first-order valence-electron chi connectivity index (χ1n) is 6.03. The van der Waals surface area contributed by atoms with Crippen molar-refractivity contribution in [2.75, 3.05) is 18.1 Å². The summed E-state index contributed by atoms with van der Waals surface area (Å²) in [6, 6.07) is 0.613. The Labute approximate surface area is 98.2 Å². The van der Waals surface area contributed by atoms with Gasteiger partial charge in [0.2, 0.25) is 0 Å². The second kappa shape index (κ2) is 6.12. The molecule has 1 aliphatic heterocycles. The zero-order chi connectivity index (χ0) is 11.3. The van der Waals surface area contributed by atoms with Crippen LogP contribution in [0.4, 0.5) is 0 Å². The second-order valence-electron chi connectivity index (χ2n) is 5.39. The highest BCUT2D eigenvalue weighted by Crippen LogP contribution is 2.19. The Bertz CT molecular complexity index is 176. The van der Waals surface area contributed by atoms with Crippen molar-refractivity contribution in [2.45, 2.75) is 51.7 Å². The molecule has 3 heteroatoms. The van der Waals surface area contributed by atoms with Crippen LogP contribution in [0.1, 0.15) is 40.0 Å². The fourth-order valence-electron chi connectivity index (χ4n) is 2.22. The van der Waals surface area contributed by atoms with Gasteiger partial charge in [-0.15, -0.1) is 0 Å². The summed E-state index contributed by atoms with van der Waals surface area (Å²) in [6.07, 6.45) is 3.46. The molecule has 0 saturated carbocycles. The number of hydrogen-bond acceptors (Lipinski definition) is 3. The fraction of sp³-hybridized carbons (Fsp3) is 1.00. The van der Waals surface area contributed by atoms with E-state index in [0.717, 1.165) is 13.0 Å². The second-order valence-corrected chi connectivity index (χ2v) is 6.54. The minimum Gasteiger partial charge on any atom is -0.389 e. The van der Waals surface area contributed by atoms with Gasteiger partial charge in [0.1, 0.15) is 0 Å². The first-order chi connectivity index (χ1) is 6.99. The molecule has 0 bridgehead atoms. The highest BCUT2D eigenvalue weighted by Gasteiger charge is 2.23. The quantitative estimate of drug-likeness (QED) is 0.761. The molecule has 2 nitrogen and oxygen atoms in total. The molecule has 90 valence electrons. The van der Waals surface area contributed by atoms with Gasteiger partial charge in [0.25, 0.3) is 0 Å². The van der Waals surface area contributed by atoms with Crippen LogP contribution >= 0.6 is 11.8 Å². The Morgan fingerprint density at radius 1 is 1.53 bits per heavy atom. The Morgan fingerprint density at radius 3 is 2.80 bits per heavy atom. The first kappa shape index (κ1) is 13.3. The van der Waals surface area contributed by atoms with Crippen LogP contribution in [0.2, 0.25) is 0 Å². The summed E-state index contributed by atoms with van der Waals surface area (Å²) in [5, 5.41) is 13.6. The topological polar surface area (TPSA) is 32.3 Å². The average Bonchev–Trinajstić information content (AvgIpc) is 2.15. The van der Waals surface area contributed by atoms with E-state index in [0.29, 0.717) is 12.0 Å². The predicted octanol–water partition coefficient (Wildman–Crippen LogP) is 2.27. The molecule has 1 heterocycles. The maximum absolute atomic E-state index is 10.1. The maximum atomic E-state index is 10.1. The maximum Gasteiger partial charge on any atom is 0.0746 e. The molecular formula is C12H25NOS. The summed E-state index contributed by atoms with van der Waals surface area (Å²) >= 11 is 2.02. The van der Waals surface area contributed by atoms with E-state index in [9.17, 15) is 5.11 Å². The molecule has 0 amide bonds. The molecule has 15 heavy (non-hydrogen) atoms. The van der Waals surface area contributed by atoms with Gasteiger partial charge in [0.05, 0.1) is 5.60 Å². The van der Waals surface area contributed by atoms with Crippen molar-refractivity contribution >= 4 is 11.8 Å². The molecular weight excluding hydrogens is 206 g/mol. The van der Waals surface area contributed by atoms with E-state index in [1.807, 2.05) is 18.7 Å². The minimum absolute atomic E-state index is 0.545. The summed E-state index contributed by atoms with van der Waals surface area (Å²) in [7, 11) is 0. The zero-order valence-corrected chi connectivity index (χ0v) is 11.1. The summed E-state index contributed by atoms with van der Waals surface area (Å²) in [5.41, 5.74) is -0.545. The molecule has 0 aromatic carbocycles. The third-order valence-corrected chi connectivity index (χ3v) is 4.00. The number of nitrogens with one attached hydrogen (secondary N) is 1. The van der Waals surface area contributed by atoms with Crippen LogP contribution in [0.5, 0.6) is 0 Å². The van der Waals surface area contributed by atoms with E-state index < -0.39 is 5.60 Å². The van der Waals surface area contributed by atoms with Gasteiger partial charge in [-0.05, 0) is 37.9 Å². The molecule has 2 atom stereocenters. The molecule has 1 saturated heterocycles. The number of hydrogen-bond donors (Lipinski definition) is 2. The van der Waals surface area contributed by atoms with E-state index >= 15 is 0 Å². The van der Waals surface area contributed by atoms with Gasteiger partial charge in [-0.3, -0.25) is 0 Å². The van der Waals surface area contributed by atoms with Gasteiger partial charge in [0, 0.05) is 18.3 Å². The molecule has 0 aromatic heterocycles. The largest absolute Gasteiger partial charge is 0.389 e. The summed E-state index contributed by atoms with van der Waals surface area (Å²) in [4.78, 5) is 0. The van der Waals surface area contributed by atoms with Gasteiger partial charge >= 0.3 is 0 Å². The Morgan fingerprint density at radius 2 is 2.27 bits per heavy atom. The van der Waals surface area contributed by atoms with E-state index in [1.165, 1.54) is 24.3 Å². The molecule has 0 aromatic rings. The molecule has 0 radical (unpaired) electrons. The lowest BCUT2D eigenvalue weighted by Crippen LogP contribution is -2.45. The van der Waals surface area contributed by atoms with Crippen molar-refractivity contribution < 1.29 is 5.11 Å². The van der Waals surface area contributed by atoms with Crippen LogP contribution in [-0.4, -0.2) is 34.8 Å². The lowest BCUT2D eigenvalue weighted by Gasteiger charge is -2.30. The normalized spacial score (nSPS) is 26.6. The van der Waals surface area contributed by atoms with Crippen LogP contribution in [0.3, 0.4) is 0 Å². The van der Waals surface area contributed by atoms with Crippen LogP contribution < -0.4 is 5.32 Å². The number of rotatable bonds is 5.